The molecule has 0 amide bonds. The molecule has 1 aliphatic carbocycles. The van der Waals surface area contributed by atoms with Gasteiger partial charge in [-0.2, -0.15) is 0 Å². The van der Waals surface area contributed by atoms with Gasteiger partial charge in [0.1, 0.15) is 11.6 Å². The fourth-order valence-corrected chi connectivity index (χ4v) is 1.84. The molecule has 2 nitrogen and oxygen atoms in total. The Morgan fingerprint density at radius 3 is 2.75 bits per heavy atom. The summed E-state index contributed by atoms with van der Waals surface area (Å²) in [6.45, 7) is 0.438. The number of benzene rings is 1. The van der Waals surface area contributed by atoms with Crippen molar-refractivity contribution in [3.8, 4) is 0 Å². The molecule has 88 valence electrons. The van der Waals surface area contributed by atoms with Crippen LogP contribution in [-0.2, 0) is 11.3 Å². The van der Waals surface area contributed by atoms with Crippen LogP contribution >= 0.6 is 0 Å². The summed E-state index contributed by atoms with van der Waals surface area (Å²) in [5.74, 6) is -1.03. The van der Waals surface area contributed by atoms with Gasteiger partial charge in [0.25, 0.3) is 0 Å². The van der Waals surface area contributed by atoms with E-state index in [0.717, 1.165) is 18.9 Å². The first-order valence-electron chi connectivity index (χ1n) is 5.39. The summed E-state index contributed by atoms with van der Waals surface area (Å²) < 4.78 is 31.0. The van der Waals surface area contributed by atoms with E-state index < -0.39 is 11.6 Å². The number of hydrogen-bond donors (Lipinski definition) is 1. The van der Waals surface area contributed by atoms with E-state index in [1.54, 1.807) is 7.11 Å². The van der Waals surface area contributed by atoms with Gasteiger partial charge in [-0.1, -0.05) is 6.07 Å². The van der Waals surface area contributed by atoms with E-state index in [9.17, 15) is 8.78 Å². The number of ether oxygens (including phenoxy) is 1. The van der Waals surface area contributed by atoms with E-state index in [-0.39, 0.29) is 0 Å². The van der Waals surface area contributed by atoms with Crippen molar-refractivity contribution in [3.63, 3.8) is 0 Å². The van der Waals surface area contributed by atoms with Crippen LogP contribution in [0.3, 0.4) is 0 Å². The lowest BCUT2D eigenvalue weighted by Gasteiger charge is -2.34. The van der Waals surface area contributed by atoms with Crippen molar-refractivity contribution in [1.82, 2.24) is 5.32 Å². The van der Waals surface area contributed by atoms with Crippen LogP contribution < -0.4 is 5.32 Å². The van der Waals surface area contributed by atoms with Crippen LogP contribution in [0.2, 0.25) is 0 Å². The van der Waals surface area contributed by atoms with Crippen LogP contribution in [0.4, 0.5) is 8.78 Å². The third-order valence-electron chi connectivity index (χ3n) is 3.02. The van der Waals surface area contributed by atoms with E-state index in [0.29, 0.717) is 24.3 Å². The maximum Gasteiger partial charge on any atom is 0.130 e. The highest BCUT2D eigenvalue weighted by Gasteiger charge is 2.28. The lowest BCUT2D eigenvalue weighted by Crippen LogP contribution is -2.44. The molecule has 4 heteroatoms. The molecule has 0 saturated heterocycles. The quantitative estimate of drug-likeness (QED) is 0.851. The Morgan fingerprint density at radius 1 is 1.38 bits per heavy atom. The average molecular weight is 227 g/mol. The highest BCUT2D eigenvalue weighted by Crippen LogP contribution is 2.23. The minimum absolute atomic E-state index is 0.329. The standard InChI is InChI=1S/C12H15F2NO/c1-16-11-5-10(6-11)15-7-8-2-3-9(13)4-12(8)14/h2-4,10-11,15H,5-7H2,1H3. The van der Waals surface area contributed by atoms with Gasteiger partial charge in [-0.25, -0.2) is 8.78 Å². The van der Waals surface area contributed by atoms with Gasteiger partial charge in [-0.3, -0.25) is 0 Å². The van der Waals surface area contributed by atoms with Crippen LogP contribution in [0.5, 0.6) is 0 Å². The molecule has 1 aliphatic rings. The highest BCUT2D eigenvalue weighted by molar-refractivity contribution is 5.18. The predicted molar refractivity (Wildman–Crippen MR) is 57.0 cm³/mol. The second kappa shape index (κ2) is 4.89. The summed E-state index contributed by atoms with van der Waals surface area (Å²) in [6, 6.07) is 4.05. The van der Waals surface area contributed by atoms with Crippen LogP contribution in [0.15, 0.2) is 18.2 Å². The number of nitrogens with one attached hydrogen (secondary N) is 1. The Bertz CT molecular complexity index is 364. The Morgan fingerprint density at radius 2 is 2.12 bits per heavy atom. The normalized spacial score (nSPS) is 24.2. The summed E-state index contributed by atoms with van der Waals surface area (Å²) in [5.41, 5.74) is 0.502. The first-order valence-corrected chi connectivity index (χ1v) is 5.39. The lowest BCUT2D eigenvalue weighted by atomic mass is 9.89. The predicted octanol–water partition coefficient (Wildman–Crippen LogP) is 2.23. The summed E-state index contributed by atoms with van der Waals surface area (Å²) in [7, 11) is 1.69. The molecule has 1 saturated carbocycles. The molecule has 0 radical (unpaired) electrons. The van der Waals surface area contributed by atoms with Gasteiger partial charge in [-0.05, 0) is 18.9 Å². The second-order valence-corrected chi connectivity index (χ2v) is 4.14. The molecule has 0 spiro atoms. The lowest BCUT2D eigenvalue weighted by molar-refractivity contribution is 0.0169. The first kappa shape index (κ1) is 11.5. The van der Waals surface area contributed by atoms with Crippen molar-refractivity contribution in [3.05, 3.63) is 35.4 Å². The Labute approximate surface area is 93.6 Å². The number of halogens is 2. The smallest absolute Gasteiger partial charge is 0.130 e. The third-order valence-corrected chi connectivity index (χ3v) is 3.02. The van der Waals surface area contributed by atoms with E-state index in [2.05, 4.69) is 5.32 Å². The topological polar surface area (TPSA) is 21.3 Å². The molecule has 1 fully saturated rings. The zero-order chi connectivity index (χ0) is 11.5. The van der Waals surface area contributed by atoms with E-state index in [1.165, 1.54) is 12.1 Å². The first-order chi connectivity index (χ1) is 7.69. The maximum atomic E-state index is 13.3. The van der Waals surface area contributed by atoms with E-state index >= 15 is 0 Å². The van der Waals surface area contributed by atoms with E-state index in [1.807, 2.05) is 0 Å². The monoisotopic (exact) mass is 227 g/mol. The fourth-order valence-electron chi connectivity index (χ4n) is 1.84. The highest BCUT2D eigenvalue weighted by atomic mass is 19.1. The SMILES string of the molecule is COC1CC(NCc2ccc(F)cc2F)C1. The molecule has 16 heavy (non-hydrogen) atoms. The fraction of sp³-hybridized carbons (Fsp3) is 0.500. The van der Waals surface area contributed by atoms with Crippen molar-refractivity contribution in [2.45, 2.75) is 31.5 Å². The van der Waals surface area contributed by atoms with Gasteiger partial charge >= 0.3 is 0 Å². The molecule has 0 aliphatic heterocycles. The molecule has 1 N–H and O–H groups in total. The minimum atomic E-state index is -0.538. The van der Waals surface area contributed by atoms with Gasteiger partial charge in [0.2, 0.25) is 0 Å². The zero-order valence-electron chi connectivity index (χ0n) is 9.17. The molecular weight excluding hydrogens is 212 g/mol. The zero-order valence-corrected chi connectivity index (χ0v) is 9.17. The molecule has 2 rings (SSSR count). The summed E-state index contributed by atoms with van der Waals surface area (Å²) in [6.07, 6.45) is 2.24. The largest absolute Gasteiger partial charge is 0.381 e. The number of methoxy groups -OCH3 is 1. The van der Waals surface area contributed by atoms with Crippen molar-refractivity contribution in [2.75, 3.05) is 7.11 Å². The van der Waals surface area contributed by atoms with E-state index in [4.69, 9.17) is 4.74 Å². The van der Waals surface area contributed by atoms with Crippen LogP contribution in [-0.4, -0.2) is 19.3 Å². The molecular formula is C12H15F2NO. The summed E-state index contributed by atoms with van der Waals surface area (Å²) in [4.78, 5) is 0. The average Bonchev–Trinajstić information content (AvgIpc) is 2.18. The molecule has 0 heterocycles. The van der Waals surface area contributed by atoms with Crippen molar-refractivity contribution < 1.29 is 13.5 Å². The minimum Gasteiger partial charge on any atom is -0.381 e. The summed E-state index contributed by atoms with van der Waals surface area (Å²) in [5, 5.41) is 3.22. The van der Waals surface area contributed by atoms with Crippen molar-refractivity contribution in [2.24, 2.45) is 0 Å². The van der Waals surface area contributed by atoms with Gasteiger partial charge < -0.3 is 10.1 Å². The third kappa shape index (κ3) is 2.57. The molecule has 0 atom stereocenters. The van der Waals surface area contributed by atoms with Gasteiger partial charge in [-0.15, -0.1) is 0 Å². The second-order valence-electron chi connectivity index (χ2n) is 4.14. The Balaban J connectivity index is 1.82. The Kier molecular flexibility index (Phi) is 3.51. The van der Waals surface area contributed by atoms with Crippen LogP contribution in [0.25, 0.3) is 0 Å². The summed E-state index contributed by atoms with van der Waals surface area (Å²) >= 11 is 0. The molecule has 0 bridgehead atoms. The van der Waals surface area contributed by atoms with Gasteiger partial charge in [0.15, 0.2) is 0 Å². The Hall–Kier alpha value is -1.00. The van der Waals surface area contributed by atoms with Gasteiger partial charge in [0, 0.05) is 31.3 Å². The van der Waals surface area contributed by atoms with Crippen molar-refractivity contribution in [1.29, 1.82) is 0 Å². The number of hydrogen-bond acceptors (Lipinski definition) is 2. The van der Waals surface area contributed by atoms with Crippen molar-refractivity contribution >= 4 is 0 Å². The molecule has 1 aromatic carbocycles. The van der Waals surface area contributed by atoms with Crippen LogP contribution in [0.1, 0.15) is 18.4 Å². The maximum absolute atomic E-state index is 13.3. The molecule has 0 unspecified atom stereocenters. The van der Waals surface area contributed by atoms with Crippen LogP contribution in [0, 0.1) is 11.6 Å². The van der Waals surface area contributed by atoms with Gasteiger partial charge in [0.05, 0.1) is 6.10 Å². The molecule has 1 aromatic rings. The number of rotatable bonds is 4. The molecule has 0 aromatic heterocycles.